The molecule has 0 aliphatic carbocycles. The molecule has 0 radical (unpaired) electrons. The summed E-state index contributed by atoms with van der Waals surface area (Å²) in [5.41, 5.74) is 3.19. The minimum Gasteiger partial charge on any atom is -0.499 e. The van der Waals surface area contributed by atoms with Gasteiger partial charge in [-0.15, -0.1) is 0 Å². The molecular weight excluding hydrogens is 453 g/mol. The van der Waals surface area contributed by atoms with Gasteiger partial charge in [-0.3, -0.25) is 9.59 Å². The van der Waals surface area contributed by atoms with E-state index >= 15 is 0 Å². The highest BCUT2D eigenvalue weighted by atomic mass is 16.5. The van der Waals surface area contributed by atoms with Crippen LogP contribution in [0.15, 0.2) is 30.2 Å². The van der Waals surface area contributed by atoms with Gasteiger partial charge in [0.15, 0.2) is 6.71 Å². The van der Waals surface area contributed by atoms with Crippen LogP contribution in [0.5, 0.6) is 0 Å². The van der Waals surface area contributed by atoms with Gasteiger partial charge in [0, 0.05) is 50.9 Å². The standard InChI is InChI=1S/C27H46BN5O3/c1-7-16-36-20-25(29-6)27(35)31-24-17-23(11-10-21(24)4)32-12-14-33(15-13-32)26(34)18-28(5)22(8-2)19-30-9-3/h10-11,17,20,22,29-30H,7-9,12-16,18-19H2,1-6H3,(H,31,35)/b25-20-. The number of carbonyl (C=O) groups excluding carboxylic acids is 2. The molecule has 2 rings (SSSR count). The van der Waals surface area contributed by atoms with Gasteiger partial charge >= 0.3 is 0 Å². The van der Waals surface area contributed by atoms with Crippen LogP contribution in [-0.4, -0.2) is 76.4 Å². The number of rotatable bonds is 14. The molecule has 1 unspecified atom stereocenters. The maximum Gasteiger partial charge on any atom is 0.274 e. The Hall–Kier alpha value is -2.68. The van der Waals surface area contributed by atoms with E-state index in [1.54, 1.807) is 7.05 Å². The van der Waals surface area contributed by atoms with Crippen molar-refractivity contribution in [1.29, 1.82) is 0 Å². The van der Waals surface area contributed by atoms with Crippen molar-refractivity contribution in [3.63, 3.8) is 0 Å². The third kappa shape index (κ3) is 8.77. The average molecular weight is 500 g/mol. The molecule has 1 heterocycles. The number of hydrogen-bond acceptors (Lipinski definition) is 6. The molecule has 0 aromatic heterocycles. The number of anilines is 2. The molecule has 36 heavy (non-hydrogen) atoms. The van der Waals surface area contributed by atoms with E-state index < -0.39 is 0 Å². The van der Waals surface area contributed by atoms with Gasteiger partial charge in [0.2, 0.25) is 5.91 Å². The number of benzene rings is 1. The number of aryl methyl sites for hydroxylation is 1. The van der Waals surface area contributed by atoms with Gasteiger partial charge in [0.25, 0.3) is 5.91 Å². The quantitative estimate of drug-likeness (QED) is 0.157. The largest absolute Gasteiger partial charge is 0.499 e. The molecule has 1 atom stereocenters. The van der Waals surface area contributed by atoms with E-state index in [9.17, 15) is 9.59 Å². The van der Waals surface area contributed by atoms with Gasteiger partial charge in [-0.25, -0.2) is 0 Å². The Bertz CT molecular complexity index is 871. The Balaban J connectivity index is 1.95. The molecule has 1 aliphatic heterocycles. The lowest BCUT2D eigenvalue weighted by Crippen LogP contribution is -2.49. The van der Waals surface area contributed by atoms with Gasteiger partial charge in [-0.1, -0.05) is 40.1 Å². The minimum atomic E-state index is -0.238. The number of likely N-dealkylation sites (N-methyl/N-ethyl adjacent to an activating group) is 1. The molecule has 0 spiro atoms. The smallest absolute Gasteiger partial charge is 0.274 e. The van der Waals surface area contributed by atoms with Crippen molar-refractivity contribution in [2.75, 3.05) is 63.1 Å². The molecule has 1 fully saturated rings. The van der Waals surface area contributed by atoms with Crippen molar-refractivity contribution in [3.05, 3.63) is 35.7 Å². The Labute approximate surface area is 218 Å². The summed E-state index contributed by atoms with van der Waals surface area (Å²) in [6.45, 7) is 16.4. The van der Waals surface area contributed by atoms with Crippen molar-refractivity contribution < 1.29 is 14.3 Å². The number of nitrogens with one attached hydrogen (secondary N) is 3. The van der Waals surface area contributed by atoms with E-state index in [2.05, 4.69) is 47.6 Å². The number of amides is 2. The van der Waals surface area contributed by atoms with Crippen molar-refractivity contribution >= 4 is 29.9 Å². The lowest BCUT2D eigenvalue weighted by Gasteiger charge is -2.37. The zero-order valence-electron chi connectivity index (χ0n) is 23.2. The SMILES string of the molecule is CCCO/C=C(\NC)C(=O)Nc1cc(N2CCN(C(=O)CB(C)C(CC)CNCC)CC2)ccc1C. The van der Waals surface area contributed by atoms with Gasteiger partial charge in [0.05, 0.1) is 6.61 Å². The van der Waals surface area contributed by atoms with Gasteiger partial charge in [-0.2, -0.15) is 0 Å². The molecule has 9 heteroatoms. The summed E-state index contributed by atoms with van der Waals surface area (Å²) in [5.74, 6) is 0.538. The normalized spacial score (nSPS) is 14.9. The number of hydrogen-bond donors (Lipinski definition) is 3. The lowest BCUT2D eigenvalue weighted by molar-refractivity contribution is -0.129. The fraction of sp³-hybridized carbons (Fsp3) is 0.630. The highest BCUT2D eigenvalue weighted by Crippen LogP contribution is 2.25. The maximum atomic E-state index is 13.0. The summed E-state index contributed by atoms with van der Waals surface area (Å²) >= 11 is 0. The Morgan fingerprint density at radius 1 is 1.17 bits per heavy atom. The third-order valence-electron chi connectivity index (χ3n) is 6.99. The maximum absolute atomic E-state index is 13.0. The van der Waals surface area contributed by atoms with Crippen molar-refractivity contribution in [1.82, 2.24) is 15.5 Å². The number of ether oxygens (including phenoxy) is 1. The molecule has 1 aromatic carbocycles. The predicted octanol–water partition coefficient (Wildman–Crippen LogP) is 3.58. The van der Waals surface area contributed by atoms with Crippen molar-refractivity contribution in [2.45, 2.75) is 59.5 Å². The summed E-state index contributed by atoms with van der Waals surface area (Å²) in [5, 5.41) is 9.33. The minimum absolute atomic E-state index is 0.238. The van der Waals surface area contributed by atoms with Gasteiger partial charge < -0.3 is 30.5 Å². The third-order valence-corrected chi connectivity index (χ3v) is 6.99. The van der Waals surface area contributed by atoms with E-state index in [4.69, 9.17) is 4.74 Å². The molecule has 1 aliphatic rings. The molecule has 0 saturated carbocycles. The Kier molecular flexibility index (Phi) is 12.7. The summed E-state index contributed by atoms with van der Waals surface area (Å²) < 4.78 is 5.40. The van der Waals surface area contributed by atoms with Crippen LogP contribution >= 0.6 is 0 Å². The predicted molar refractivity (Wildman–Crippen MR) is 151 cm³/mol. The molecule has 8 nitrogen and oxygen atoms in total. The Morgan fingerprint density at radius 3 is 2.50 bits per heavy atom. The molecule has 200 valence electrons. The number of nitrogens with zero attached hydrogens (tertiary/aromatic N) is 2. The number of carbonyl (C=O) groups is 2. The van der Waals surface area contributed by atoms with Crippen molar-refractivity contribution in [3.8, 4) is 0 Å². The van der Waals surface area contributed by atoms with Crippen LogP contribution in [0.1, 0.15) is 39.2 Å². The lowest BCUT2D eigenvalue weighted by atomic mass is 9.40. The molecule has 1 aromatic rings. The van der Waals surface area contributed by atoms with Crippen LogP contribution in [0, 0.1) is 6.92 Å². The Morgan fingerprint density at radius 2 is 1.89 bits per heavy atom. The zero-order chi connectivity index (χ0) is 26.5. The second-order valence-corrected chi connectivity index (χ2v) is 9.63. The topological polar surface area (TPSA) is 85.9 Å². The first-order valence-electron chi connectivity index (χ1n) is 13.5. The average Bonchev–Trinajstić information content (AvgIpc) is 2.88. The monoisotopic (exact) mass is 499 g/mol. The molecule has 3 N–H and O–H groups in total. The van der Waals surface area contributed by atoms with Gasteiger partial charge in [-0.05, 0) is 49.9 Å². The fourth-order valence-electron chi connectivity index (χ4n) is 4.48. The summed E-state index contributed by atoms with van der Waals surface area (Å²) in [6.07, 6.45) is 4.04. The van der Waals surface area contributed by atoms with Crippen LogP contribution < -0.4 is 20.9 Å². The van der Waals surface area contributed by atoms with Gasteiger partial charge in [0.1, 0.15) is 12.0 Å². The van der Waals surface area contributed by atoms with E-state index in [0.29, 0.717) is 44.2 Å². The van der Waals surface area contributed by atoms with E-state index in [1.165, 1.54) is 6.26 Å². The molecular formula is C27H46BN5O3. The van der Waals surface area contributed by atoms with Crippen LogP contribution in [0.25, 0.3) is 0 Å². The van der Waals surface area contributed by atoms with E-state index in [1.807, 2.05) is 30.9 Å². The zero-order valence-corrected chi connectivity index (χ0v) is 23.2. The fourth-order valence-corrected chi connectivity index (χ4v) is 4.48. The van der Waals surface area contributed by atoms with Crippen LogP contribution in [0.4, 0.5) is 11.4 Å². The highest BCUT2D eigenvalue weighted by molar-refractivity contribution is 6.62. The first kappa shape index (κ1) is 29.6. The van der Waals surface area contributed by atoms with E-state index in [0.717, 1.165) is 56.0 Å². The van der Waals surface area contributed by atoms with Crippen LogP contribution in [0.2, 0.25) is 19.0 Å². The molecule has 0 bridgehead atoms. The molecule has 1 saturated heterocycles. The second-order valence-electron chi connectivity index (χ2n) is 9.63. The van der Waals surface area contributed by atoms with Crippen LogP contribution in [0.3, 0.4) is 0 Å². The first-order valence-corrected chi connectivity index (χ1v) is 13.5. The summed E-state index contributed by atoms with van der Waals surface area (Å²) in [7, 11) is 1.70. The number of piperazine rings is 1. The highest BCUT2D eigenvalue weighted by Gasteiger charge is 2.27. The first-order chi connectivity index (χ1) is 17.3. The summed E-state index contributed by atoms with van der Waals surface area (Å²) in [6, 6.07) is 6.12. The van der Waals surface area contributed by atoms with Crippen LogP contribution in [-0.2, 0) is 14.3 Å². The second kappa shape index (κ2) is 15.4. The van der Waals surface area contributed by atoms with E-state index in [-0.39, 0.29) is 11.8 Å². The molecule has 2 amide bonds. The summed E-state index contributed by atoms with van der Waals surface area (Å²) in [4.78, 5) is 30.0. The van der Waals surface area contributed by atoms with Crippen molar-refractivity contribution in [2.24, 2.45) is 0 Å².